The Bertz CT molecular complexity index is 996. The lowest BCUT2D eigenvalue weighted by atomic mass is 10.1. The van der Waals surface area contributed by atoms with Crippen LogP contribution in [0.4, 0.5) is 8.78 Å². The zero-order chi connectivity index (χ0) is 20.8. The molecule has 3 aromatic rings. The Morgan fingerprint density at radius 3 is 2.55 bits per heavy atom. The lowest BCUT2D eigenvalue weighted by molar-refractivity contribution is -0.0512. The number of para-hydroxylation sites is 1. The average Bonchev–Trinajstić information content (AvgIpc) is 3.20. The number of nitrogens with zero attached hydrogens (tertiary/aromatic N) is 2. The predicted molar refractivity (Wildman–Crippen MR) is 101 cm³/mol. The van der Waals surface area contributed by atoms with Crippen LogP contribution in [0.5, 0.6) is 17.2 Å². The van der Waals surface area contributed by atoms with Gasteiger partial charge in [-0.25, -0.2) is 0 Å². The molecule has 1 aromatic heterocycles. The highest BCUT2D eigenvalue weighted by atomic mass is 32.2. The third-order valence-electron chi connectivity index (χ3n) is 3.77. The monoisotopic (exact) mass is 422 g/mol. The van der Waals surface area contributed by atoms with E-state index in [2.05, 4.69) is 14.9 Å². The molecule has 0 saturated carbocycles. The molecule has 0 radical (unpaired) electrons. The third-order valence-corrected chi connectivity index (χ3v) is 4.59. The van der Waals surface area contributed by atoms with Gasteiger partial charge in [0.2, 0.25) is 0 Å². The molecular weight excluding hydrogens is 406 g/mol. The van der Waals surface area contributed by atoms with E-state index in [4.69, 9.17) is 13.9 Å². The van der Waals surface area contributed by atoms with Crippen LogP contribution in [0.3, 0.4) is 0 Å². The highest BCUT2D eigenvalue weighted by Crippen LogP contribution is 2.32. The largest absolute Gasteiger partial charge is 0.496 e. The molecule has 0 N–H and O–H groups in total. The van der Waals surface area contributed by atoms with Gasteiger partial charge in [-0.15, -0.1) is 10.2 Å². The summed E-state index contributed by atoms with van der Waals surface area (Å²) in [6.45, 7) is -2.99. The van der Waals surface area contributed by atoms with Crippen LogP contribution in [0.2, 0.25) is 0 Å². The number of Topliss-reactive ketones (excluding diaryl/α,β-unsaturated/α-hetero) is 1. The summed E-state index contributed by atoms with van der Waals surface area (Å²) < 4.78 is 45.0. The van der Waals surface area contributed by atoms with E-state index < -0.39 is 6.61 Å². The molecule has 1 heterocycles. The number of benzene rings is 2. The van der Waals surface area contributed by atoms with E-state index in [1.165, 1.54) is 32.4 Å². The Morgan fingerprint density at radius 1 is 1.07 bits per heavy atom. The van der Waals surface area contributed by atoms with Gasteiger partial charge in [-0.2, -0.15) is 8.78 Å². The number of ketones is 1. The van der Waals surface area contributed by atoms with Crippen LogP contribution in [0.15, 0.2) is 52.1 Å². The molecule has 0 aliphatic rings. The molecule has 29 heavy (non-hydrogen) atoms. The van der Waals surface area contributed by atoms with E-state index in [0.29, 0.717) is 11.3 Å². The molecule has 0 saturated heterocycles. The summed E-state index contributed by atoms with van der Waals surface area (Å²) in [6.07, 6.45) is 0. The zero-order valence-corrected chi connectivity index (χ0v) is 16.2. The fraction of sp³-hybridized carbons (Fsp3) is 0.211. The number of hydrogen-bond donors (Lipinski definition) is 0. The standard InChI is InChI=1S/C19H16F2N2O5S/c1-25-14-6-4-3-5-12(14)17-22-23-19(28-17)29-10-13(24)11-7-8-15(27-18(20)21)16(9-11)26-2/h3-9,18H,10H2,1-2H3. The minimum Gasteiger partial charge on any atom is -0.496 e. The molecule has 2 aromatic carbocycles. The number of hydrogen-bond acceptors (Lipinski definition) is 8. The van der Waals surface area contributed by atoms with Gasteiger partial charge in [0.15, 0.2) is 17.3 Å². The van der Waals surface area contributed by atoms with Crippen LogP contribution >= 0.6 is 11.8 Å². The number of aromatic nitrogens is 2. The number of halogens is 2. The molecular formula is C19H16F2N2O5S. The van der Waals surface area contributed by atoms with Crippen LogP contribution in [0, 0.1) is 0 Å². The second kappa shape index (κ2) is 9.37. The number of ether oxygens (including phenoxy) is 3. The van der Waals surface area contributed by atoms with Gasteiger partial charge in [0.05, 0.1) is 25.5 Å². The Hall–Kier alpha value is -3.14. The topological polar surface area (TPSA) is 83.7 Å². The van der Waals surface area contributed by atoms with Crippen molar-refractivity contribution in [2.24, 2.45) is 0 Å². The van der Waals surface area contributed by atoms with Crippen LogP contribution in [-0.4, -0.2) is 42.6 Å². The second-order valence-electron chi connectivity index (χ2n) is 5.53. The van der Waals surface area contributed by atoms with Gasteiger partial charge in [0.1, 0.15) is 5.75 Å². The molecule has 0 atom stereocenters. The highest BCUT2D eigenvalue weighted by Gasteiger charge is 2.17. The van der Waals surface area contributed by atoms with E-state index in [1.54, 1.807) is 12.1 Å². The lowest BCUT2D eigenvalue weighted by Gasteiger charge is -2.10. The van der Waals surface area contributed by atoms with E-state index in [-0.39, 0.29) is 39.7 Å². The SMILES string of the molecule is COc1cc(C(=O)CSc2nnc(-c3ccccc3OC)o2)ccc1OC(F)F. The number of thioether (sulfide) groups is 1. The van der Waals surface area contributed by atoms with Gasteiger partial charge in [0, 0.05) is 5.56 Å². The normalized spacial score (nSPS) is 10.8. The van der Waals surface area contributed by atoms with Crippen LogP contribution in [0.25, 0.3) is 11.5 Å². The van der Waals surface area contributed by atoms with E-state index in [0.717, 1.165) is 11.8 Å². The summed E-state index contributed by atoms with van der Waals surface area (Å²) in [7, 11) is 2.84. The zero-order valence-electron chi connectivity index (χ0n) is 15.4. The highest BCUT2D eigenvalue weighted by molar-refractivity contribution is 7.99. The van der Waals surface area contributed by atoms with Gasteiger partial charge >= 0.3 is 6.61 Å². The molecule has 3 rings (SSSR count). The first-order valence-corrected chi connectivity index (χ1v) is 9.26. The maximum absolute atomic E-state index is 12.4. The first-order valence-electron chi connectivity index (χ1n) is 8.27. The van der Waals surface area contributed by atoms with E-state index in [1.807, 2.05) is 12.1 Å². The summed E-state index contributed by atoms with van der Waals surface area (Å²) in [5.74, 6) is 0.483. The van der Waals surface area contributed by atoms with Gasteiger partial charge in [0.25, 0.3) is 11.1 Å². The summed E-state index contributed by atoms with van der Waals surface area (Å²) in [6, 6.07) is 11.2. The minimum atomic E-state index is -2.99. The van der Waals surface area contributed by atoms with Gasteiger partial charge in [-0.1, -0.05) is 23.9 Å². The van der Waals surface area contributed by atoms with Gasteiger partial charge in [-0.3, -0.25) is 4.79 Å². The first-order chi connectivity index (χ1) is 14.0. The molecule has 0 bridgehead atoms. The molecule has 0 aliphatic heterocycles. The maximum Gasteiger partial charge on any atom is 0.387 e. The molecule has 0 fully saturated rings. The first kappa shape index (κ1) is 20.6. The summed E-state index contributed by atoms with van der Waals surface area (Å²) in [4.78, 5) is 12.4. The van der Waals surface area contributed by atoms with Crippen LogP contribution < -0.4 is 14.2 Å². The smallest absolute Gasteiger partial charge is 0.387 e. The van der Waals surface area contributed by atoms with E-state index >= 15 is 0 Å². The molecule has 152 valence electrons. The van der Waals surface area contributed by atoms with Crippen molar-refractivity contribution in [3.8, 4) is 28.7 Å². The number of methoxy groups -OCH3 is 2. The summed E-state index contributed by atoms with van der Waals surface area (Å²) in [5.41, 5.74) is 0.917. The molecule has 7 nitrogen and oxygen atoms in total. The van der Waals surface area contributed by atoms with Crippen molar-refractivity contribution < 1.29 is 32.2 Å². The van der Waals surface area contributed by atoms with Crippen molar-refractivity contribution >= 4 is 17.5 Å². The molecule has 0 unspecified atom stereocenters. The van der Waals surface area contributed by atoms with Crippen molar-refractivity contribution in [1.82, 2.24) is 10.2 Å². The Morgan fingerprint density at radius 2 is 1.83 bits per heavy atom. The molecule has 10 heteroatoms. The molecule has 0 spiro atoms. The predicted octanol–water partition coefficient (Wildman–Crippen LogP) is 4.33. The fourth-order valence-electron chi connectivity index (χ4n) is 2.44. The van der Waals surface area contributed by atoms with Gasteiger partial charge in [-0.05, 0) is 30.3 Å². The Labute approximate surface area is 169 Å². The van der Waals surface area contributed by atoms with Crippen LogP contribution in [-0.2, 0) is 0 Å². The van der Waals surface area contributed by atoms with Crippen molar-refractivity contribution in [3.05, 3.63) is 48.0 Å². The lowest BCUT2D eigenvalue weighted by Crippen LogP contribution is -2.06. The molecule has 0 aliphatic carbocycles. The number of carbonyl (C=O) groups excluding carboxylic acids is 1. The Kier molecular flexibility index (Phi) is 6.65. The van der Waals surface area contributed by atoms with Crippen molar-refractivity contribution in [1.29, 1.82) is 0 Å². The van der Waals surface area contributed by atoms with Gasteiger partial charge < -0.3 is 18.6 Å². The average molecular weight is 422 g/mol. The summed E-state index contributed by atoms with van der Waals surface area (Å²) >= 11 is 1.06. The fourth-order valence-corrected chi connectivity index (χ4v) is 3.10. The number of alkyl halides is 2. The van der Waals surface area contributed by atoms with Crippen molar-refractivity contribution in [3.63, 3.8) is 0 Å². The molecule has 0 amide bonds. The Balaban J connectivity index is 1.68. The maximum atomic E-state index is 12.4. The van der Waals surface area contributed by atoms with Crippen LogP contribution in [0.1, 0.15) is 10.4 Å². The van der Waals surface area contributed by atoms with E-state index in [9.17, 15) is 13.6 Å². The van der Waals surface area contributed by atoms with Crippen molar-refractivity contribution in [2.45, 2.75) is 11.8 Å². The third kappa shape index (κ3) is 5.02. The quantitative estimate of drug-likeness (QED) is 0.372. The summed E-state index contributed by atoms with van der Waals surface area (Å²) in [5, 5.41) is 8.11. The number of rotatable bonds is 9. The second-order valence-corrected chi connectivity index (χ2v) is 6.46. The number of carbonyl (C=O) groups is 1. The van der Waals surface area contributed by atoms with Crippen molar-refractivity contribution in [2.75, 3.05) is 20.0 Å². The minimum absolute atomic E-state index is 0.00572.